The fourth-order valence-corrected chi connectivity index (χ4v) is 2.14. The van der Waals surface area contributed by atoms with E-state index >= 15 is 0 Å². The minimum Gasteiger partial charge on any atom is -0.454 e. The zero-order valence-corrected chi connectivity index (χ0v) is 9.91. The summed E-state index contributed by atoms with van der Waals surface area (Å²) < 4.78 is 5.08. The summed E-state index contributed by atoms with van der Waals surface area (Å²) in [5.74, 6) is -0.883. The van der Waals surface area contributed by atoms with Gasteiger partial charge in [0.1, 0.15) is 6.10 Å². The second-order valence-electron chi connectivity index (χ2n) is 4.24. The number of carbonyl (C=O) groups excluding carboxylic acids is 1. The van der Waals surface area contributed by atoms with Crippen molar-refractivity contribution in [2.24, 2.45) is 0 Å². The Morgan fingerprint density at radius 1 is 1.44 bits per heavy atom. The first-order valence-electron chi connectivity index (χ1n) is 5.64. The maximum Gasteiger partial charge on any atom is 0.331 e. The molecule has 1 aromatic rings. The van der Waals surface area contributed by atoms with Gasteiger partial charge in [0.25, 0.3) is 0 Å². The molecule has 2 rings (SSSR count). The second-order valence-corrected chi connectivity index (χ2v) is 4.24. The van der Waals surface area contributed by atoms with Crippen molar-refractivity contribution in [1.29, 1.82) is 0 Å². The predicted molar refractivity (Wildman–Crippen MR) is 64.8 cm³/mol. The molecule has 0 spiro atoms. The van der Waals surface area contributed by atoms with Gasteiger partial charge in [0.15, 0.2) is 0 Å². The third-order valence-corrected chi connectivity index (χ3v) is 3.00. The van der Waals surface area contributed by atoms with Gasteiger partial charge in [-0.2, -0.15) is 0 Å². The molecule has 1 aromatic carbocycles. The number of carbonyl (C=O) groups is 1. The first-order valence-corrected chi connectivity index (χ1v) is 5.64. The van der Waals surface area contributed by atoms with Crippen LogP contribution in [0.25, 0.3) is 0 Å². The summed E-state index contributed by atoms with van der Waals surface area (Å²) in [7, 11) is 0. The molecule has 2 atom stereocenters. The van der Waals surface area contributed by atoms with Crippen LogP contribution in [-0.2, 0) is 9.53 Å². The molecular formula is C13H13NO4. The number of aryl methyl sites for hydroxylation is 1. The highest BCUT2D eigenvalue weighted by Crippen LogP contribution is 2.28. The van der Waals surface area contributed by atoms with E-state index in [1.54, 1.807) is 6.08 Å². The Morgan fingerprint density at radius 3 is 2.72 bits per heavy atom. The summed E-state index contributed by atoms with van der Waals surface area (Å²) in [5, 5.41) is 10.8. The van der Waals surface area contributed by atoms with Crippen LogP contribution in [0.4, 0.5) is 0 Å². The molecule has 0 aliphatic carbocycles. The number of cyclic esters (lactones) is 1. The van der Waals surface area contributed by atoms with E-state index in [0.717, 1.165) is 11.1 Å². The van der Waals surface area contributed by atoms with Crippen molar-refractivity contribution in [2.75, 3.05) is 6.54 Å². The molecule has 0 saturated carbocycles. The summed E-state index contributed by atoms with van der Waals surface area (Å²) in [5.41, 5.74) is 1.80. The Bertz CT molecular complexity index is 509. The van der Waals surface area contributed by atoms with E-state index < -0.39 is 18.0 Å². The lowest BCUT2D eigenvalue weighted by atomic mass is 9.90. The fraction of sp³-hybridized carbons (Fsp3) is 0.308. The molecule has 0 saturated heterocycles. The highest BCUT2D eigenvalue weighted by Gasteiger charge is 2.32. The molecule has 0 N–H and O–H groups in total. The first kappa shape index (κ1) is 12.3. The van der Waals surface area contributed by atoms with Gasteiger partial charge in [-0.05, 0) is 24.1 Å². The zero-order chi connectivity index (χ0) is 13.1. The number of esters is 1. The lowest BCUT2D eigenvalue weighted by Gasteiger charge is -2.20. The van der Waals surface area contributed by atoms with Crippen molar-refractivity contribution in [2.45, 2.75) is 18.9 Å². The second kappa shape index (κ2) is 5.00. The van der Waals surface area contributed by atoms with E-state index in [2.05, 4.69) is 0 Å². The molecule has 1 heterocycles. The van der Waals surface area contributed by atoms with Gasteiger partial charge in [0.2, 0.25) is 6.54 Å². The third kappa shape index (κ3) is 2.56. The molecule has 5 nitrogen and oxygen atoms in total. The average Bonchev–Trinajstić information content (AvgIpc) is 2.73. The van der Waals surface area contributed by atoms with Crippen LogP contribution in [0.5, 0.6) is 0 Å². The molecule has 0 unspecified atom stereocenters. The van der Waals surface area contributed by atoms with Crippen molar-refractivity contribution in [3.8, 4) is 0 Å². The summed E-state index contributed by atoms with van der Waals surface area (Å²) in [6, 6.07) is 7.43. The zero-order valence-electron chi connectivity index (χ0n) is 9.91. The quantitative estimate of drug-likeness (QED) is 0.462. The monoisotopic (exact) mass is 247 g/mol. The lowest BCUT2D eigenvalue weighted by molar-refractivity contribution is -0.484. The molecule has 1 aliphatic heterocycles. The normalized spacial score (nSPS) is 19.6. The Labute approximate surface area is 104 Å². The van der Waals surface area contributed by atoms with Crippen molar-refractivity contribution in [3.63, 3.8) is 0 Å². The Balaban J connectivity index is 2.31. The molecule has 5 heteroatoms. The summed E-state index contributed by atoms with van der Waals surface area (Å²) in [6.07, 6.45) is 2.35. The van der Waals surface area contributed by atoms with Gasteiger partial charge in [0, 0.05) is 11.0 Å². The fourth-order valence-electron chi connectivity index (χ4n) is 2.14. The van der Waals surface area contributed by atoms with Crippen molar-refractivity contribution in [3.05, 3.63) is 57.7 Å². The lowest BCUT2D eigenvalue weighted by Crippen LogP contribution is -2.26. The third-order valence-electron chi connectivity index (χ3n) is 3.00. The minimum atomic E-state index is -0.552. The molecule has 0 radical (unpaired) electrons. The van der Waals surface area contributed by atoms with E-state index in [4.69, 9.17) is 4.74 Å². The largest absolute Gasteiger partial charge is 0.454 e. The smallest absolute Gasteiger partial charge is 0.331 e. The van der Waals surface area contributed by atoms with Gasteiger partial charge in [-0.1, -0.05) is 24.3 Å². The van der Waals surface area contributed by atoms with Gasteiger partial charge in [0.05, 0.1) is 5.92 Å². The van der Waals surface area contributed by atoms with Crippen LogP contribution in [0.2, 0.25) is 0 Å². The van der Waals surface area contributed by atoms with Crippen LogP contribution in [0.15, 0.2) is 36.4 Å². The Hall–Kier alpha value is -2.17. The van der Waals surface area contributed by atoms with Crippen LogP contribution in [0.1, 0.15) is 17.0 Å². The maximum atomic E-state index is 11.1. The highest BCUT2D eigenvalue weighted by molar-refractivity contribution is 5.84. The van der Waals surface area contributed by atoms with Crippen LogP contribution < -0.4 is 0 Å². The number of rotatable bonds is 4. The van der Waals surface area contributed by atoms with Crippen LogP contribution in [-0.4, -0.2) is 23.5 Å². The topological polar surface area (TPSA) is 69.4 Å². The number of hydrogen-bond donors (Lipinski definition) is 0. The van der Waals surface area contributed by atoms with E-state index in [1.807, 2.05) is 31.2 Å². The molecular weight excluding hydrogens is 234 g/mol. The SMILES string of the molecule is Cc1ccccc1[C@H](C[N+](=O)[O-])[C@H]1C=CC(=O)O1. The van der Waals surface area contributed by atoms with Gasteiger partial charge < -0.3 is 4.74 Å². The maximum absolute atomic E-state index is 11.1. The molecule has 18 heavy (non-hydrogen) atoms. The van der Waals surface area contributed by atoms with E-state index in [-0.39, 0.29) is 11.5 Å². The standard InChI is InChI=1S/C13H13NO4/c1-9-4-2-3-5-10(9)11(8-14(16)17)12-6-7-13(15)18-12/h2-7,11-12H,8H2,1H3/t11-,12+/m0/s1. The van der Waals surface area contributed by atoms with Crippen molar-refractivity contribution < 1.29 is 14.5 Å². The summed E-state index contributed by atoms with van der Waals surface area (Å²) >= 11 is 0. The number of ether oxygens (including phenoxy) is 1. The first-order chi connectivity index (χ1) is 8.58. The Morgan fingerprint density at radius 2 is 2.17 bits per heavy atom. The predicted octanol–water partition coefficient (Wildman–Crippen LogP) is 1.84. The minimum absolute atomic E-state index is 0.257. The molecule has 1 aliphatic rings. The average molecular weight is 247 g/mol. The van der Waals surface area contributed by atoms with Gasteiger partial charge in [-0.25, -0.2) is 4.79 Å². The van der Waals surface area contributed by atoms with Crippen LogP contribution in [0.3, 0.4) is 0 Å². The van der Waals surface area contributed by atoms with Gasteiger partial charge >= 0.3 is 5.97 Å². The van der Waals surface area contributed by atoms with E-state index in [0.29, 0.717) is 0 Å². The number of nitro groups is 1. The number of nitrogens with zero attached hydrogens (tertiary/aromatic N) is 1. The van der Waals surface area contributed by atoms with E-state index in [9.17, 15) is 14.9 Å². The molecule has 0 fully saturated rings. The van der Waals surface area contributed by atoms with Gasteiger partial charge in [-0.3, -0.25) is 10.1 Å². The molecule has 0 aromatic heterocycles. The van der Waals surface area contributed by atoms with Crippen molar-refractivity contribution in [1.82, 2.24) is 0 Å². The summed E-state index contributed by atoms with van der Waals surface area (Å²) in [6.45, 7) is 1.63. The molecule has 94 valence electrons. The molecule has 0 bridgehead atoms. The highest BCUT2D eigenvalue weighted by atomic mass is 16.6. The summed E-state index contributed by atoms with van der Waals surface area (Å²) in [4.78, 5) is 21.5. The number of hydrogen-bond acceptors (Lipinski definition) is 4. The molecule has 0 amide bonds. The van der Waals surface area contributed by atoms with Crippen LogP contribution >= 0.6 is 0 Å². The Kier molecular flexibility index (Phi) is 3.41. The number of benzene rings is 1. The van der Waals surface area contributed by atoms with E-state index in [1.165, 1.54) is 6.08 Å². The van der Waals surface area contributed by atoms with Crippen LogP contribution in [0, 0.1) is 17.0 Å². The van der Waals surface area contributed by atoms with Crippen molar-refractivity contribution >= 4 is 5.97 Å². The van der Waals surface area contributed by atoms with Gasteiger partial charge in [-0.15, -0.1) is 0 Å².